The Morgan fingerprint density at radius 3 is 1.18 bits per heavy atom. The number of phosphoric ester groups is 1. The lowest BCUT2D eigenvalue weighted by Crippen LogP contribution is -2.47. The minimum Gasteiger partial charge on any atom is -0.756 e. The van der Waals surface area contributed by atoms with Crippen LogP contribution in [0.4, 0.5) is 0 Å². The van der Waals surface area contributed by atoms with Gasteiger partial charge >= 0.3 is 5.97 Å². The van der Waals surface area contributed by atoms with Crippen molar-refractivity contribution in [2.24, 2.45) is 0 Å². The van der Waals surface area contributed by atoms with Gasteiger partial charge in [-0.2, -0.15) is 0 Å². The Labute approximate surface area is 495 Å². The van der Waals surface area contributed by atoms with Crippen molar-refractivity contribution < 1.29 is 37.3 Å². The molecule has 1 N–H and O–H groups in total. The van der Waals surface area contributed by atoms with Crippen LogP contribution in [0.25, 0.3) is 0 Å². The molecule has 0 aliphatic heterocycles. The van der Waals surface area contributed by atoms with Gasteiger partial charge in [-0.05, 0) is 109 Å². The predicted octanol–water partition coefficient (Wildman–Crippen LogP) is 20.3. The molecule has 0 aliphatic carbocycles. The summed E-state index contributed by atoms with van der Waals surface area (Å²) in [7, 11) is 1.16. The van der Waals surface area contributed by atoms with Crippen molar-refractivity contribution in [3.63, 3.8) is 0 Å². The molecule has 3 unspecified atom stereocenters. The van der Waals surface area contributed by atoms with Crippen LogP contribution in [0.2, 0.25) is 0 Å². The van der Waals surface area contributed by atoms with Gasteiger partial charge in [0, 0.05) is 12.8 Å². The number of amides is 1. The minimum absolute atomic E-state index is 0.0314. The molecule has 0 spiro atoms. The summed E-state index contributed by atoms with van der Waals surface area (Å²) in [5, 5.41) is 3.02. The maximum atomic E-state index is 13.5. The van der Waals surface area contributed by atoms with E-state index in [4.69, 9.17) is 13.8 Å². The number of carbonyl (C=O) groups excluding carboxylic acids is 2. The third-order valence-electron chi connectivity index (χ3n) is 14.5. The third kappa shape index (κ3) is 59.8. The molecule has 0 aliphatic rings. The van der Waals surface area contributed by atoms with Crippen molar-refractivity contribution in [2.75, 3.05) is 40.9 Å². The van der Waals surface area contributed by atoms with Crippen LogP contribution >= 0.6 is 7.82 Å². The molecule has 0 saturated heterocycles. The zero-order valence-corrected chi connectivity index (χ0v) is 53.9. The lowest BCUT2D eigenvalue weighted by atomic mass is 10.0. The second-order valence-electron chi connectivity index (χ2n) is 23.6. The molecule has 464 valence electrons. The van der Waals surface area contributed by atoms with E-state index in [2.05, 4.69) is 99.0 Å². The van der Waals surface area contributed by atoms with Gasteiger partial charge in [0.25, 0.3) is 7.82 Å². The molecule has 0 heterocycles. The lowest BCUT2D eigenvalue weighted by Gasteiger charge is -2.30. The van der Waals surface area contributed by atoms with Gasteiger partial charge in [0.1, 0.15) is 19.3 Å². The number of phosphoric acid groups is 1. The van der Waals surface area contributed by atoms with E-state index in [9.17, 15) is 19.0 Å². The maximum Gasteiger partial charge on any atom is 0.306 e. The van der Waals surface area contributed by atoms with Crippen LogP contribution in [0.15, 0.2) is 85.1 Å². The third-order valence-corrected chi connectivity index (χ3v) is 15.5. The number of nitrogens with one attached hydrogen (secondary N) is 1. The normalized spacial score (nSPS) is 14.1. The summed E-state index contributed by atoms with van der Waals surface area (Å²) in [5.41, 5.74) is 0. The topological polar surface area (TPSA) is 114 Å². The largest absolute Gasteiger partial charge is 0.756 e. The van der Waals surface area contributed by atoms with Crippen molar-refractivity contribution in [3.8, 4) is 0 Å². The van der Waals surface area contributed by atoms with E-state index in [1.54, 1.807) is 0 Å². The molecule has 10 heteroatoms. The average molecular weight is 1140 g/mol. The smallest absolute Gasteiger partial charge is 0.306 e. The highest BCUT2D eigenvalue weighted by Crippen LogP contribution is 2.38. The molecule has 0 aromatic rings. The molecule has 0 fully saturated rings. The minimum atomic E-state index is -4.71. The molecule has 3 atom stereocenters. The Kier molecular flexibility index (Phi) is 57.3. The average Bonchev–Trinajstić information content (AvgIpc) is 3.42. The molecule has 0 aromatic carbocycles. The fourth-order valence-electron chi connectivity index (χ4n) is 9.36. The molecule has 0 rings (SSSR count). The maximum absolute atomic E-state index is 13.5. The first-order valence-electron chi connectivity index (χ1n) is 33.4. The Morgan fingerprint density at radius 1 is 0.438 bits per heavy atom. The number of carbonyl (C=O) groups is 2. The summed E-state index contributed by atoms with van der Waals surface area (Å²) < 4.78 is 30.4. The molecule has 9 nitrogen and oxygen atoms in total. The Bertz CT molecular complexity index is 1640. The van der Waals surface area contributed by atoms with Gasteiger partial charge in [-0.1, -0.05) is 260 Å². The predicted molar refractivity (Wildman–Crippen MR) is 344 cm³/mol. The Hall–Kier alpha value is -2.81. The number of nitrogens with zero attached hydrogens (tertiary/aromatic N) is 1. The second-order valence-corrected chi connectivity index (χ2v) is 25.0. The fourth-order valence-corrected chi connectivity index (χ4v) is 10.1. The van der Waals surface area contributed by atoms with Crippen LogP contribution in [0, 0.1) is 0 Å². The molecule has 0 bridgehead atoms. The number of allylic oxidation sites excluding steroid dienone is 13. The van der Waals surface area contributed by atoms with Gasteiger partial charge in [-0.25, -0.2) is 0 Å². The van der Waals surface area contributed by atoms with Gasteiger partial charge in [0.05, 0.1) is 33.8 Å². The second kappa shape index (κ2) is 59.4. The summed E-state index contributed by atoms with van der Waals surface area (Å²) in [6, 6.07) is -0.909. The monoisotopic (exact) mass is 1140 g/mol. The first kappa shape index (κ1) is 77.2. The van der Waals surface area contributed by atoms with E-state index in [-0.39, 0.29) is 31.3 Å². The highest BCUT2D eigenvalue weighted by molar-refractivity contribution is 7.45. The zero-order chi connectivity index (χ0) is 58.6. The van der Waals surface area contributed by atoms with Gasteiger partial charge in [-0.15, -0.1) is 0 Å². The SMILES string of the molecule is CCCCC/C=C\C/C=C\C/C=C\C/C=C\CCCCCC(=O)NC(COP(=O)([O-])OCC[N+](C)(C)C)C(/C=C/CCCCCCCCCCCC)OC(=O)CCCCCCCCCCCCCCC/C=C\C/C=C\CCCCC. The van der Waals surface area contributed by atoms with E-state index in [0.29, 0.717) is 17.4 Å². The van der Waals surface area contributed by atoms with E-state index in [0.717, 1.165) is 83.5 Å². The highest BCUT2D eigenvalue weighted by Gasteiger charge is 2.27. The van der Waals surface area contributed by atoms with Crippen molar-refractivity contribution in [1.82, 2.24) is 5.32 Å². The van der Waals surface area contributed by atoms with Crippen molar-refractivity contribution in [1.29, 1.82) is 0 Å². The van der Waals surface area contributed by atoms with Crippen LogP contribution in [-0.4, -0.2) is 69.4 Å². The van der Waals surface area contributed by atoms with E-state index in [1.165, 1.54) is 173 Å². The number of quaternary nitrogens is 1. The van der Waals surface area contributed by atoms with Crippen LogP contribution in [0.5, 0.6) is 0 Å². The van der Waals surface area contributed by atoms with Gasteiger partial charge < -0.3 is 28.5 Å². The summed E-state index contributed by atoms with van der Waals surface area (Å²) in [4.78, 5) is 40.1. The molecule has 80 heavy (non-hydrogen) atoms. The quantitative estimate of drug-likeness (QED) is 0.0212. The number of hydrogen-bond acceptors (Lipinski definition) is 7. The standard InChI is InChI=1S/C70H127N2O7P/c1-7-10-13-16-19-22-25-28-30-32-34-35-36-37-39-41-43-45-48-51-54-57-60-63-70(74)79-68(61-58-55-52-49-46-27-24-21-18-15-12-9-3)67(66-78-80(75,76)77-65-64-72(4,5)6)71-69(73)62-59-56-53-50-47-44-42-40-38-33-31-29-26-23-20-17-14-11-8-2/h19-20,22-23,28-31,38,40,44,47,58,61,67-68H,7-18,21,24-27,32-37,39,41-43,45-46,48-57,59-60,62-66H2,1-6H3,(H-,71,73,75,76)/b22-19-,23-20-,30-28-,31-29-,40-38-,47-44-,61-58+. The molecular formula is C70H127N2O7P. The van der Waals surface area contributed by atoms with E-state index in [1.807, 2.05) is 33.3 Å². The number of unbranched alkanes of at least 4 members (excludes halogenated alkanes) is 32. The highest BCUT2D eigenvalue weighted by atomic mass is 31.2. The van der Waals surface area contributed by atoms with Crippen LogP contribution in [-0.2, 0) is 27.9 Å². The van der Waals surface area contributed by atoms with Crippen LogP contribution in [0.1, 0.15) is 297 Å². The zero-order valence-electron chi connectivity index (χ0n) is 53.0. The number of ether oxygens (including phenoxy) is 1. The number of likely N-dealkylation sites (N-methyl/N-ethyl adjacent to an activating group) is 1. The first-order chi connectivity index (χ1) is 38.9. The van der Waals surface area contributed by atoms with E-state index < -0.39 is 26.6 Å². The number of hydrogen-bond donors (Lipinski definition) is 1. The van der Waals surface area contributed by atoms with Crippen molar-refractivity contribution in [3.05, 3.63) is 85.1 Å². The number of esters is 1. The van der Waals surface area contributed by atoms with Gasteiger partial charge in [0.2, 0.25) is 5.91 Å². The van der Waals surface area contributed by atoms with Crippen LogP contribution in [0.3, 0.4) is 0 Å². The van der Waals surface area contributed by atoms with Crippen molar-refractivity contribution in [2.45, 2.75) is 309 Å². The Balaban J connectivity index is 5.20. The number of rotatable bonds is 60. The Morgan fingerprint density at radius 2 is 0.762 bits per heavy atom. The van der Waals surface area contributed by atoms with Crippen molar-refractivity contribution >= 4 is 19.7 Å². The molecule has 0 saturated carbocycles. The lowest BCUT2D eigenvalue weighted by molar-refractivity contribution is -0.870. The van der Waals surface area contributed by atoms with Gasteiger partial charge in [-0.3, -0.25) is 14.2 Å². The summed E-state index contributed by atoms with van der Waals surface area (Å²) in [5.74, 6) is -0.574. The molecule has 0 aromatic heterocycles. The summed E-state index contributed by atoms with van der Waals surface area (Å²) in [6.45, 7) is 6.78. The summed E-state index contributed by atoms with van der Waals surface area (Å²) in [6.07, 6.45) is 78.4. The van der Waals surface area contributed by atoms with Gasteiger partial charge in [0.15, 0.2) is 0 Å². The van der Waals surface area contributed by atoms with E-state index >= 15 is 0 Å². The molecular weight excluding hydrogens is 1010 g/mol. The molecule has 0 radical (unpaired) electrons. The summed E-state index contributed by atoms with van der Waals surface area (Å²) >= 11 is 0. The molecule has 1 amide bonds. The fraction of sp³-hybridized carbons (Fsp3) is 0.771. The van der Waals surface area contributed by atoms with Crippen LogP contribution < -0.4 is 10.2 Å². The first-order valence-corrected chi connectivity index (χ1v) is 34.9.